The average Bonchev–Trinajstić information content (AvgIpc) is 2.80. The predicted molar refractivity (Wildman–Crippen MR) is 73.3 cm³/mol. The molecule has 1 aromatic carbocycles. The molecule has 0 aliphatic heterocycles. The SMILES string of the molecule is CCCOc1cccc2c1ccn2CC(N)C(=O)O. The van der Waals surface area contributed by atoms with E-state index in [1.165, 1.54) is 0 Å². The Hall–Kier alpha value is -2.01. The van der Waals surface area contributed by atoms with Crippen molar-refractivity contribution in [2.75, 3.05) is 6.61 Å². The Morgan fingerprint density at radius 3 is 2.95 bits per heavy atom. The quantitative estimate of drug-likeness (QED) is 0.832. The van der Waals surface area contributed by atoms with E-state index < -0.39 is 12.0 Å². The van der Waals surface area contributed by atoms with Gasteiger partial charge in [0.2, 0.25) is 0 Å². The second-order valence-electron chi connectivity index (χ2n) is 4.45. The first-order valence-electron chi connectivity index (χ1n) is 6.32. The predicted octanol–water partition coefficient (Wildman–Crippen LogP) is 1.84. The van der Waals surface area contributed by atoms with E-state index in [1.807, 2.05) is 35.0 Å². The van der Waals surface area contributed by atoms with Crippen molar-refractivity contribution in [3.05, 3.63) is 30.5 Å². The standard InChI is InChI=1S/C14H18N2O3/c1-2-8-19-13-5-3-4-12-10(13)6-7-16(12)9-11(15)14(17)18/h3-7,11H,2,8-9,15H2,1H3,(H,17,18). The topological polar surface area (TPSA) is 77.5 Å². The summed E-state index contributed by atoms with van der Waals surface area (Å²) < 4.78 is 7.51. The van der Waals surface area contributed by atoms with Crippen LogP contribution in [-0.4, -0.2) is 28.3 Å². The van der Waals surface area contributed by atoms with E-state index in [1.54, 1.807) is 0 Å². The van der Waals surface area contributed by atoms with Crippen LogP contribution in [0, 0.1) is 0 Å². The van der Waals surface area contributed by atoms with Crippen molar-refractivity contribution in [3.63, 3.8) is 0 Å². The number of hydrogen-bond acceptors (Lipinski definition) is 3. The molecule has 2 rings (SSSR count). The van der Waals surface area contributed by atoms with Crippen LogP contribution in [0.1, 0.15) is 13.3 Å². The molecule has 0 aliphatic carbocycles. The number of rotatable bonds is 6. The number of aromatic nitrogens is 1. The van der Waals surface area contributed by atoms with Crippen molar-refractivity contribution >= 4 is 16.9 Å². The molecule has 0 saturated heterocycles. The highest BCUT2D eigenvalue weighted by atomic mass is 16.5. The summed E-state index contributed by atoms with van der Waals surface area (Å²) in [5, 5.41) is 9.84. The summed E-state index contributed by atoms with van der Waals surface area (Å²) >= 11 is 0. The smallest absolute Gasteiger partial charge is 0.322 e. The Bertz CT molecular complexity index is 577. The second kappa shape index (κ2) is 5.75. The van der Waals surface area contributed by atoms with Gasteiger partial charge in [0.25, 0.3) is 0 Å². The molecule has 3 N–H and O–H groups in total. The van der Waals surface area contributed by atoms with Crippen LogP contribution in [0.3, 0.4) is 0 Å². The van der Waals surface area contributed by atoms with Crippen molar-refractivity contribution < 1.29 is 14.6 Å². The Balaban J connectivity index is 2.30. The molecule has 19 heavy (non-hydrogen) atoms. The van der Waals surface area contributed by atoms with E-state index in [0.29, 0.717) is 6.61 Å². The highest BCUT2D eigenvalue weighted by molar-refractivity contribution is 5.86. The molecule has 1 aromatic heterocycles. The van der Waals surface area contributed by atoms with Crippen LogP contribution in [0.4, 0.5) is 0 Å². The van der Waals surface area contributed by atoms with Gasteiger partial charge in [-0.1, -0.05) is 13.0 Å². The summed E-state index contributed by atoms with van der Waals surface area (Å²) in [6.45, 7) is 2.96. The zero-order valence-corrected chi connectivity index (χ0v) is 10.9. The van der Waals surface area contributed by atoms with E-state index in [4.69, 9.17) is 15.6 Å². The van der Waals surface area contributed by atoms with Crippen molar-refractivity contribution in [2.45, 2.75) is 25.9 Å². The molecule has 0 fully saturated rings. The minimum absolute atomic E-state index is 0.246. The zero-order valence-electron chi connectivity index (χ0n) is 10.9. The normalized spacial score (nSPS) is 12.5. The van der Waals surface area contributed by atoms with Crippen LogP contribution in [0.15, 0.2) is 30.5 Å². The first kappa shape index (κ1) is 13.4. The van der Waals surface area contributed by atoms with Gasteiger partial charge in [-0.25, -0.2) is 0 Å². The number of carbonyl (C=O) groups is 1. The summed E-state index contributed by atoms with van der Waals surface area (Å²) in [5.41, 5.74) is 6.50. The third-order valence-corrected chi connectivity index (χ3v) is 2.95. The molecule has 5 heteroatoms. The number of benzene rings is 1. The fourth-order valence-corrected chi connectivity index (χ4v) is 1.98. The molecule has 0 aliphatic rings. The number of carboxylic acids is 1. The molecule has 2 aromatic rings. The maximum absolute atomic E-state index is 10.8. The van der Waals surface area contributed by atoms with Crippen molar-refractivity contribution in [1.29, 1.82) is 0 Å². The van der Waals surface area contributed by atoms with Crippen molar-refractivity contribution in [1.82, 2.24) is 4.57 Å². The first-order chi connectivity index (χ1) is 9.13. The number of carboxylic acid groups (broad SMARTS) is 1. The van der Waals surface area contributed by atoms with E-state index in [-0.39, 0.29) is 6.54 Å². The summed E-state index contributed by atoms with van der Waals surface area (Å²) in [5.74, 6) is -0.178. The van der Waals surface area contributed by atoms with Crippen LogP contribution in [0.5, 0.6) is 5.75 Å². The lowest BCUT2D eigenvalue weighted by Crippen LogP contribution is -2.34. The van der Waals surface area contributed by atoms with E-state index >= 15 is 0 Å². The van der Waals surface area contributed by atoms with Gasteiger partial charge in [0.15, 0.2) is 0 Å². The number of ether oxygens (including phenoxy) is 1. The third-order valence-electron chi connectivity index (χ3n) is 2.95. The molecular weight excluding hydrogens is 244 g/mol. The maximum Gasteiger partial charge on any atom is 0.322 e. The van der Waals surface area contributed by atoms with Crippen LogP contribution in [0.2, 0.25) is 0 Å². The van der Waals surface area contributed by atoms with Crippen LogP contribution in [-0.2, 0) is 11.3 Å². The molecule has 102 valence electrons. The molecule has 1 heterocycles. The molecule has 0 spiro atoms. The van der Waals surface area contributed by atoms with E-state index in [0.717, 1.165) is 23.1 Å². The molecule has 0 radical (unpaired) electrons. The molecular formula is C14H18N2O3. The van der Waals surface area contributed by atoms with Crippen LogP contribution in [0.25, 0.3) is 10.9 Å². The Morgan fingerprint density at radius 2 is 2.26 bits per heavy atom. The third kappa shape index (κ3) is 2.88. The molecule has 1 atom stereocenters. The van der Waals surface area contributed by atoms with E-state index in [2.05, 4.69) is 6.92 Å². The summed E-state index contributed by atoms with van der Waals surface area (Å²) in [4.78, 5) is 10.8. The Morgan fingerprint density at radius 1 is 1.47 bits per heavy atom. The zero-order chi connectivity index (χ0) is 13.8. The minimum Gasteiger partial charge on any atom is -0.493 e. The van der Waals surface area contributed by atoms with Gasteiger partial charge in [0.05, 0.1) is 12.1 Å². The number of aliphatic carboxylic acids is 1. The largest absolute Gasteiger partial charge is 0.493 e. The summed E-state index contributed by atoms with van der Waals surface area (Å²) in [6.07, 6.45) is 2.78. The van der Waals surface area contributed by atoms with Crippen LogP contribution >= 0.6 is 0 Å². The number of fused-ring (bicyclic) bond motifs is 1. The highest BCUT2D eigenvalue weighted by Gasteiger charge is 2.14. The number of nitrogens with two attached hydrogens (primary N) is 1. The summed E-state index contributed by atoms with van der Waals surface area (Å²) in [6, 6.07) is 6.77. The van der Waals surface area contributed by atoms with Crippen LogP contribution < -0.4 is 10.5 Å². The van der Waals surface area contributed by atoms with Gasteiger partial charge in [-0.3, -0.25) is 4.79 Å². The highest BCUT2D eigenvalue weighted by Crippen LogP contribution is 2.26. The molecule has 1 unspecified atom stereocenters. The Labute approximate surface area is 111 Å². The van der Waals surface area contributed by atoms with Gasteiger partial charge in [-0.2, -0.15) is 0 Å². The monoisotopic (exact) mass is 262 g/mol. The first-order valence-corrected chi connectivity index (χ1v) is 6.32. The Kier molecular flexibility index (Phi) is 4.06. The molecule has 5 nitrogen and oxygen atoms in total. The lowest BCUT2D eigenvalue weighted by atomic mass is 10.2. The lowest BCUT2D eigenvalue weighted by molar-refractivity contribution is -0.138. The average molecular weight is 262 g/mol. The molecule has 0 amide bonds. The lowest BCUT2D eigenvalue weighted by Gasteiger charge is -2.10. The molecule has 0 saturated carbocycles. The van der Waals surface area contributed by atoms with E-state index in [9.17, 15) is 4.79 Å². The van der Waals surface area contributed by atoms with Gasteiger partial charge in [-0.15, -0.1) is 0 Å². The summed E-state index contributed by atoms with van der Waals surface area (Å²) in [7, 11) is 0. The fourth-order valence-electron chi connectivity index (χ4n) is 1.98. The number of hydrogen-bond donors (Lipinski definition) is 2. The fraction of sp³-hybridized carbons (Fsp3) is 0.357. The van der Waals surface area contributed by atoms with Gasteiger partial charge < -0.3 is 20.1 Å². The van der Waals surface area contributed by atoms with Gasteiger partial charge in [0.1, 0.15) is 11.8 Å². The van der Waals surface area contributed by atoms with Gasteiger partial charge in [-0.05, 0) is 24.6 Å². The van der Waals surface area contributed by atoms with Crippen molar-refractivity contribution in [2.24, 2.45) is 5.73 Å². The molecule has 0 bridgehead atoms. The minimum atomic E-state index is -1.000. The van der Waals surface area contributed by atoms with Gasteiger partial charge >= 0.3 is 5.97 Å². The van der Waals surface area contributed by atoms with Gasteiger partial charge in [0, 0.05) is 18.1 Å². The number of nitrogens with zero attached hydrogens (tertiary/aromatic N) is 1. The second-order valence-corrected chi connectivity index (χ2v) is 4.45. The maximum atomic E-state index is 10.8. The van der Waals surface area contributed by atoms with Crippen molar-refractivity contribution in [3.8, 4) is 5.75 Å².